The molecule has 0 amide bonds. The summed E-state index contributed by atoms with van der Waals surface area (Å²) in [5.41, 5.74) is 2.83. The van der Waals surface area contributed by atoms with Crippen LogP contribution in [-0.4, -0.2) is 23.6 Å². The maximum Gasteiger partial charge on any atom is 0.238 e. The van der Waals surface area contributed by atoms with Crippen LogP contribution >= 0.6 is 0 Å². The van der Waals surface area contributed by atoms with E-state index in [1.165, 1.54) is 19.5 Å². The number of ether oxygens (including phenoxy) is 1. The molecule has 1 aliphatic heterocycles. The van der Waals surface area contributed by atoms with Gasteiger partial charge in [-0.3, -0.25) is 4.98 Å². The van der Waals surface area contributed by atoms with Crippen LogP contribution in [0.4, 0.5) is 10.1 Å². The van der Waals surface area contributed by atoms with E-state index in [0.29, 0.717) is 5.56 Å². The van der Waals surface area contributed by atoms with Crippen molar-refractivity contribution in [1.82, 2.24) is 9.97 Å². The first-order chi connectivity index (χ1) is 9.31. The second-order valence-corrected chi connectivity index (χ2v) is 4.37. The molecular formula is C14H14FN3O. The molecular weight excluding hydrogens is 245 g/mol. The molecule has 1 aliphatic rings. The molecule has 1 aromatic carbocycles. The molecule has 2 heterocycles. The molecule has 1 N–H and O–H groups in total. The number of methoxy groups -OCH3 is 1. The zero-order valence-corrected chi connectivity index (χ0v) is 10.6. The highest BCUT2D eigenvalue weighted by molar-refractivity contribution is 5.63. The number of nitrogens with zero attached hydrogens (tertiary/aromatic N) is 2. The summed E-state index contributed by atoms with van der Waals surface area (Å²) in [4.78, 5) is 8.05. The molecule has 0 spiro atoms. The lowest BCUT2D eigenvalue weighted by atomic mass is 10.0. The number of anilines is 1. The lowest BCUT2D eigenvalue weighted by molar-refractivity contribution is 0.346. The maximum absolute atomic E-state index is 14.7. The average Bonchev–Trinajstić information content (AvgIpc) is 2.94. The number of para-hydroxylation sites is 1. The van der Waals surface area contributed by atoms with E-state index >= 15 is 0 Å². The molecule has 3 rings (SSSR count). The minimum Gasteiger partial charge on any atom is -0.480 e. The van der Waals surface area contributed by atoms with Crippen molar-refractivity contribution < 1.29 is 9.13 Å². The summed E-state index contributed by atoms with van der Waals surface area (Å²) in [6, 6.07) is 5.66. The van der Waals surface area contributed by atoms with Gasteiger partial charge in [0, 0.05) is 30.2 Å². The summed E-state index contributed by atoms with van der Waals surface area (Å²) in [7, 11) is 1.47. The zero-order valence-electron chi connectivity index (χ0n) is 10.6. The maximum atomic E-state index is 14.7. The molecule has 0 saturated carbocycles. The first kappa shape index (κ1) is 11.9. The smallest absolute Gasteiger partial charge is 0.238 e. The quantitative estimate of drug-likeness (QED) is 0.920. The van der Waals surface area contributed by atoms with E-state index in [4.69, 9.17) is 4.74 Å². The van der Waals surface area contributed by atoms with E-state index in [9.17, 15) is 4.39 Å². The van der Waals surface area contributed by atoms with Crippen molar-refractivity contribution >= 4 is 5.69 Å². The average molecular weight is 259 g/mol. The Morgan fingerprint density at radius 1 is 1.32 bits per heavy atom. The number of nitrogens with one attached hydrogen (secondary N) is 1. The topological polar surface area (TPSA) is 47.0 Å². The monoisotopic (exact) mass is 259 g/mol. The van der Waals surface area contributed by atoms with Gasteiger partial charge in [-0.2, -0.15) is 0 Å². The molecule has 0 aliphatic carbocycles. The highest BCUT2D eigenvalue weighted by atomic mass is 19.1. The molecule has 5 heteroatoms. The van der Waals surface area contributed by atoms with Gasteiger partial charge in [0.2, 0.25) is 5.88 Å². The fraction of sp³-hybridized carbons (Fsp3) is 0.286. The fourth-order valence-corrected chi connectivity index (χ4v) is 2.39. The molecule has 98 valence electrons. The molecule has 4 nitrogen and oxygen atoms in total. The summed E-state index contributed by atoms with van der Waals surface area (Å²) in [5, 5.41) is 3.23. The van der Waals surface area contributed by atoms with Gasteiger partial charge in [0.15, 0.2) is 6.17 Å². The third-order valence-corrected chi connectivity index (χ3v) is 3.28. The Morgan fingerprint density at radius 3 is 3.00 bits per heavy atom. The van der Waals surface area contributed by atoms with Gasteiger partial charge in [-0.25, -0.2) is 9.37 Å². The Balaban J connectivity index is 2.05. The van der Waals surface area contributed by atoms with Crippen LogP contribution in [0.3, 0.4) is 0 Å². The van der Waals surface area contributed by atoms with Crippen LogP contribution in [0.25, 0.3) is 0 Å². The van der Waals surface area contributed by atoms with Crippen molar-refractivity contribution in [3.05, 3.63) is 47.4 Å². The third-order valence-electron chi connectivity index (χ3n) is 3.28. The molecule has 2 aromatic rings. The minimum absolute atomic E-state index is 0.215. The minimum atomic E-state index is -1.34. The van der Waals surface area contributed by atoms with Crippen LogP contribution < -0.4 is 10.1 Å². The number of hydrogen-bond donors (Lipinski definition) is 1. The number of fused-ring (bicyclic) bond motifs is 1. The van der Waals surface area contributed by atoms with Crippen molar-refractivity contribution in [2.75, 3.05) is 19.0 Å². The molecule has 1 atom stereocenters. The molecule has 0 fully saturated rings. The third kappa shape index (κ3) is 2.01. The summed E-state index contributed by atoms with van der Waals surface area (Å²) >= 11 is 0. The lowest BCUT2D eigenvalue weighted by Gasteiger charge is -2.14. The van der Waals surface area contributed by atoms with E-state index in [2.05, 4.69) is 15.3 Å². The number of alkyl halides is 1. The van der Waals surface area contributed by atoms with Crippen molar-refractivity contribution in [1.29, 1.82) is 0 Å². The van der Waals surface area contributed by atoms with Crippen molar-refractivity contribution in [3.63, 3.8) is 0 Å². The van der Waals surface area contributed by atoms with E-state index in [0.717, 1.165) is 24.2 Å². The standard InChI is InChI=1S/C14H14FN3O/c1-19-14-13(17-7-8-18-14)11(15)10-4-2-3-9-5-6-16-12(9)10/h2-4,7-8,11,16H,5-6H2,1H3. The summed E-state index contributed by atoms with van der Waals surface area (Å²) < 4.78 is 19.8. The van der Waals surface area contributed by atoms with Gasteiger partial charge in [-0.15, -0.1) is 0 Å². The van der Waals surface area contributed by atoms with E-state index in [1.807, 2.05) is 12.1 Å². The Morgan fingerprint density at radius 2 is 2.16 bits per heavy atom. The van der Waals surface area contributed by atoms with Crippen LogP contribution in [-0.2, 0) is 6.42 Å². The zero-order chi connectivity index (χ0) is 13.2. The fourth-order valence-electron chi connectivity index (χ4n) is 2.39. The van der Waals surface area contributed by atoms with E-state index < -0.39 is 6.17 Å². The summed E-state index contributed by atoms with van der Waals surface area (Å²) in [5.74, 6) is 0.227. The van der Waals surface area contributed by atoms with Crippen molar-refractivity contribution in [2.24, 2.45) is 0 Å². The number of aromatic nitrogens is 2. The van der Waals surface area contributed by atoms with Gasteiger partial charge in [0.25, 0.3) is 0 Å². The molecule has 1 unspecified atom stereocenters. The predicted octanol–water partition coefficient (Wildman–Crippen LogP) is 2.51. The van der Waals surface area contributed by atoms with Crippen molar-refractivity contribution in [2.45, 2.75) is 12.6 Å². The van der Waals surface area contributed by atoms with Crippen LogP contribution in [0.1, 0.15) is 23.0 Å². The molecule has 0 saturated heterocycles. The van der Waals surface area contributed by atoms with Crippen LogP contribution in [0.2, 0.25) is 0 Å². The van der Waals surface area contributed by atoms with E-state index in [-0.39, 0.29) is 11.6 Å². The SMILES string of the molecule is COc1nccnc1C(F)c1cccc2c1NCC2. The van der Waals surface area contributed by atoms with Crippen molar-refractivity contribution in [3.8, 4) is 5.88 Å². The first-order valence-electron chi connectivity index (χ1n) is 6.16. The number of hydrogen-bond acceptors (Lipinski definition) is 4. The van der Waals surface area contributed by atoms with Crippen LogP contribution in [0, 0.1) is 0 Å². The highest BCUT2D eigenvalue weighted by Gasteiger charge is 2.25. The second kappa shape index (κ2) is 4.84. The Labute approximate surface area is 110 Å². The molecule has 1 aromatic heterocycles. The Kier molecular flexibility index (Phi) is 3.03. The Hall–Kier alpha value is -2.17. The van der Waals surface area contributed by atoms with Gasteiger partial charge < -0.3 is 10.1 Å². The molecule has 0 bridgehead atoms. The highest BCUT2D eigenvalue weighted by Crippen LogP contribution is 2.37. The Bertz CT molecular complexity index is 603. The van der Waals surface area contributed by atoms with E-state index in [1.54, 1.807) is 6.07 Å². The number of benzene rings is 1. The van der Waals surface area contributed by atoms with Gasteiger partial charge in [0.05, 0.1) is 7.11 Å². The molecule has 19 heavy (non-hydrogen) atoms. The largest absolute Gasteiger partial charge is 0.480 e. The summed E-state index contributed by atoms with van der Waals surface area (Å²) in [6.07, 6.45) is 2.54. The van der Waals surface area contributed by atoms with Crippen LogP contribution in [0.15, 0.2) is 30.6 Å². The summed E-state index contributed by atoms with van der Waals surface area (Å²) in [6.45, 7) is 0.844. The van der Waals surface area contributed by atoms with Gasteiger partial charge in [-0.1, -0.05) is 18.2 Å². The number of halogens is 1. The van der Waals surface area contributed by atoms with Crippen LogP contribution in [0.5, 0.6) is 5.88 Å². The first-order valence-corrected chi connectivity index (χ1v) is 6.16. The normalized spacial score (nSPS) is 14.6. The molecule has 0 radical (unpaired) electrons. The number of rotatable bonds is 3. The lowest BCUT2D eigenvalue weighted by Crippen LogP contribution is -2.05. The van der Waals surface area contributed by atoms with Gasteiger partial charge >= 0.3 is 0 Å². The predicted molar refractivity (Wildman–Crippen MR) is 70.2 cm³/mol. The van der Waals surface area contributed by atoms with Gasteiger partial charge in [0.1, 0.15) is 5.69 Å². The second-order valence-electron chi connectivity index (χ2n) is 4.37. The van der Waals surface area contributed by atoms with Gasteiger partial charge in [-0.05, 0) is 12.0 Å².